The van der Waals surface area contributed by atoms with Crippen LogP contribution in [0.25, 0.3) is 0 Å². The molecule has 0 aliphatic heterocycles. The number of rotatable bonds is 6. The molecule has 0 heterocycles. The zero-order valence-electron chi connectivity index (χ0n) is 9.60. The third kappa shape index (κ3) is 11.5. The number of hydrogen-bond acceptors (Lipinski definition) is 1. The summed E-state index contributed by atoms with van der Waals surface area (Å²) in [6, 6.07) is 0. The van der Waals surface area contributed by atoms with Crippen LogP contribution in [0, 0.1) is 0 Å². The van der Waals surface area contributed by atoms with Gasteiger partial charge in [-0.25, -0.2) is 0 Å². The largest absolute Gasteiger partial charge is 0.496 e. The van der Waals surface area contributed by atoms with Crippen molar-refractivity contribution >= 4 is 0 Å². The molecule has 0 fully saturated rings. The fraction of sp³-hybridized carbons (Fsp3) is 0.833. The predicted octanol–water partition coefficient (Wildman–Crippen LogP) is 4.29. The highest BCUT2D eigenvalue weighted by Gasteiger charge is 2.06. The minimum absolute atomic E-state index is 0.0417. The van der Waals surface area contributed by atoms with Crippen LogP contribution < -0.4 is 0 Å². The first-order chi connectivity index (χ1) is 6.06. The molecule has 0 saturated heterocycles. The maximum Gasteiger partial charge on any atom is 0.0998 e. The molecule has 0 atom stereocenters. The van der Waals surface area contributed by atoms with Gasteiger partial charge in [-0.05, 0) is 39.7 Å². The number of unbranched alkanes of at least 4 members (excludes halogenated alkanes) is 4. The normalized spacial score (nSPS) is 12.3. The third-order valence-electron chi connectivity index (χ3n) is 1.74. The van der Waals surface area contributed by atoms with Crippen molar-refractivity contribution in [1.82, 2.24) is 0 Å². The van der Waals surface area contributed by atoms with Crippen molar-refractivity contribution in [2.75, 3.05) is 0 Å². The van der Waals surface area contributed by atoms with Crippen molar-refractivity contribution in [2.24, 2.45) is 0 Å². The van der Waals surface area contributed by atoms with Crippen LogP contribution in [-0.4, -0.2) is 5.60 Å². The van der Waals surface area contributed by atoms with Gasteiger partial charge in [0.2, 0.25) is 0 Å². The van der Waals surface area contributed by atoms with E-state index in [-0.39, 0.29) is 5.60 Å². The van der Waals surface area contributed by atoms with E-state index in [2.05, 4.69) is 33.8 Å². The van der Waals surface area contributed by atoms with Crippen LogP contribution in [0.4, 0.5) is 0 Å². The van der Waals surface area contributed by atoms with Crippen LogP contribution in [0.2, 0.25) is 0 Å². The molecule has 1 nitrogen and oxygen atoms in total. The lowest BCUT2D eigenvalue weighted by atomic mass is 10.1. The molecule has 1 heteroatoms. The average molecular weight is 184 g/mol. The van der Waals surface area contributed by atoms with Crippen LogP contribution in [-0.2, 0) is 4.74 Å². The first-order valence-corrected chi connectivity index (χ1v) is 5.39. The van der Waals surface area contributed by atoms with Crippen LogP contribution in [0.5, 0.6) is 0 Å². The number of ether oxygens (including phenoxy) is 1. The quantitative estimate of drug-likeness (QED) is 0.442. The first-order valence-electron chi connectivity index (χ1n) is 5.39. The first kappa shape index (κ1) is 12.5. The molecule has 0 N–H and O–H groups in total. The summed E-state index contributed by atoms with van der Waals surface area (Å²) in [4.78, 5) is 0. The van der Waals surface area contributed by atoms with Crippen LogP contribution in [0.1, 0.15) is 59.8 Å². The molecule has 78 valence electrons. The summed E-state index contributed by atoms with van der Waals surface area (Å²) in [7, 11) is 0. The second-order valence-corrected chi connectivity index (χ2v) is 4.45. The van der Waals surface area contributed by atoms with E-state index >= 15 is 0 Å². The summed E-state index contributed by atoms with van der Waals surface area (Å²) in [6.45, 7) is 8.43. The Morgan fingerprint density at radius 2 is 1.77 bits per heavy atom. The number of hydrogen-bond donors (Lipinski definition) is 0. The Balaban J connectivity index is 3.22. The van der Waals surface area contributed by atoms with Crippen molar-refractivity contribution in [3.63, 3.8) is 0 Å². The molecule has 0 spiro atoms. The van der Waals surface area contributed by atoms with Crippen LogP contribution >= 0.6 is 0 Å². The van der Waals surface area contributed by atoms with E-state index in [1.165, 1.54) is 25.7 Å². The van der Waals surface area contributed by atoms with Gasteiger partial charge in [0.15, 0.2) is 0 Å². The SMILES string of the molecule is CCCCCC/C=C/OC(C)(C)C. The van der Waals surface area contributed by atoms with E-state index in [0.29, 0.717) is 0 Å². The smallest absolute Gasteiger partial charge is 0.0998 e. The summed E-state index contributed by atoms with van der Waals surface area (Å²) in [5, 5.41) is 0. The molecule has 0 rings (SSSR count). The number of allylic oxidation sites excluding steroid dienone is 1. The summed E-state index contributed by atoms with van der Waals surface area (Å²) in [5.74, 6) is 0. The maximum atomic E-state index is 5.46. The molecule has 0 aromatic heterocycles. The fourth-order valence-corrected chi connectivity index (χ4v) is 1.01. The Bertz CT molecular complexity index is 131. The molecule has 0 saturated carbocycles. The van der Waals surface area contributed by atoms with E-state index in [1.54, 1.807) is 0 Å². The Morgan fingerprint density at radius 1 is 1.08 bits per heavy atom. The topological polar surface area (TPSA) is 9.23 Å². The molecule has 0 aromatic carbocycles. The second kappa shape index (κ2) is 6.99. The second-order valence-electron chi connectivity index (χ2n) is 4.45. The van der Waals surface area contributed by atoms with E-state index < -0.39 is 0 Å². The molecular formula is C12H24O. The van der Waals surface area contributed by atoms with Gasteiger partial charge in [-0.2, -0.15) is 0 Å². The molecular weight excluding hydrogens is 160 g/mol. The highest BCUT2D eigenvalue weighted by Crippen LogP contribution is 2.08. The lowest BCUT2D eigenvalue weighted by Gasteiger charge is -2.17. The van der Waals surface area contributed by atoms with Gasteiger partial charge in [-0.3, -0.25) is 0 Å². The Morgan fingerprint density at radius 3 is 2.31 bits per heavy atom. The van der Waals surface area contributed by atoms with E-state index in [4.69, 9.17) is 4.74 Å². The zero-order valence-corrected chi connectivity index (χ0v) is 9.60. The molecule has 0 radical (unpaired) electrons. The van der Waals surface area contributed by atoms with Gasteiger partial charge in [0.25, 0.3) is 0 Å². The Labute approximate surface area is 83.2 Å². The van der Waals surface area contributed by atoms with Crippen molar-refractivity contribution in [1.29, 1.82) is 0 Å². The van der Waals surface area contributed by atoms with Gasteiger partial charge in [0.1, 0.15) is 0 Å². The minimum Gasteiger partial charge on any atom is -0.496 e. The molecule has 0 aliphatic carbocycles. The Hall–Kier alpha value is -0.460. The van der Waals surface area contributed by atoms with Crippen LogP contribution in [0.3, 0.4) is 0 Å². The fourth-order valence-electron chi connectivity index (χ4n) is 1.01. The monoisotopic (exact) mass is 184 g/mol. The minimum atomic E-state index is -0.0417. The zero-order chi connectivity index (χ0) is 10.2. The average Bonchev–Trinajstić information content (AvgIpc) is 2.01. The summed E-state index contributed by atoms with van der Waals surface area (Å²) in [5.41, 5.74) is -0.0417. The van der Waals surface area contributed by atoms with Gasteiger partial charge in [-0.15, -0.1) is 0 Å². The lowest BCUT2D eigenvalue weighted by molar-refractivity contribution is 0.0761. The van der Waals surface area contributed by atoms with Crippen molar-refractivity contribution in [3.05, 3.63) is 12.3 Å². The van der Waals surface area contributed by atoms with Crippen molar-refractivity contribution < 1.29 is 4.74 Å². The third-order valence-corrected chi connectivity index (χ3v) is 1.74. The molecule has 13 heavy (non-hydrogen) atoms. The van der Waals surface area contributed by atoms with E-state index in [9.17, 15) is 0 Å². The lowest BCUT2D eigenvalue weighted by Crippen LogP contribution is -2.15. The van der Waals surface area contributed by atoms with Gasteiger partial charge in [-0.1, -0.05) is 26.2 Å². The van der Waals surface area contributed by atoms with Gasteiger partial charge in [0.05, 0.1) is 11.9 Å². The van der Waals surface area contributed by atoms with Gasteiger partial charge < -0.3 is 4.74 Å². The summed E-state index contributed by atoms with van der Waals surface area (Å²) in [6.07, 6.45) is 10.4. The molecule has 0 amide bonds. The van der Waals surface area contributed by atoms with Crippen molar-refractivity contribution in [3.8, 4) is 0 Å². The predicted molar refractivity (Wildman–Crippen MR) is 58.7 cm³/mol. The Kier molecular flexibility index (Phi) is 6.75. The van der Waals surface area contributed by atoms with Gasteiger partial charge in [0, 0.05) is 0 Å². The molecule has 0 aromatic rings. The van der Waals surface area contributed by atoms with E-state index in [0.717, 1.165) is 6.42 Å². The summed E-state index contributed by atoms with van der Waals surface area (Å²) >= 11 is 0. The van der Waals surface area contributed by atoms with Gasteiger partial charge >= 0.3 is 0 Å². The molecule has 0 bridgehead atoms. The maximum absolute atomic E-state index is 5.46. The van der Waals surface area contributed by atoms with Crippen LogP contribution in [0.15, 0.2) is 12.3 Å². The summed E-state index contributed by atoms with van der Waals surface area (Å²) < 4.78 is 5.46. The van der Waals surface area contributed by atoms with Crippen molar-refractivity contribution in [2.45, 2.75) is 65.4 Å². The standard InChI is InChI=1S/C12H24O/c1-5-6-7-8-9-10-11-13-12(2,3)4/h10-11H,5-9H2,1-4H3/b11-10+. The molecule has 0 unspecified atom stereocenters. The highest BCUT2D eigenvalue weighted by atomic mass is 16.5. The highest BCUT2D eigenvalue weighted by molar-refractivity contribution is 4.76. The molecule has 0 aliphatic rings. The van der Waals surface area contributed by atoms with E-state index in [1.807, 2.05) is 6.26 Å².